The molecule has 0 radical (unpaired) electrons. The Morgan fingerprint density at radius 1 is 1.44 bits per heavy atom. The lowest BCUT2D eigenvalue weighted by molar-refractivity contribution is -0.137. The maximum absolute atomic E-state index is 12.1. The molecule has 4 heteroatoms. The van der Waals surface area contributed by atoms with Gasteiger partial charge < -0.3 is 15.5 Å². The van der Waals surface area contributed by atoms with Gasteiger partial charge in [0.05, 0.1) is 6.04 Å². The van der Waals surface area contributed by atoms with Gasteiger partial charge in [-0.2, -0.15) is 0 Å². The summed E-state index contributed by atoms with van der Waals surface area (Å²) in [5.41, 5.74) is 5.71. The highest BCUT2D eigenvalue weighted by Gasteiger charge is 2.30. The van der Waals surface area contributed by atoms with E-state index in [2.05, 4.69) is 25.8 Å². The van der Waals surface area contributed by atoms with Crippen molar-refractivity contribution in [1.29, 1.82) is 0 Å². The lowest BCUT2D eigenvalue weighted by Crippen LogP contribution is -2.55. The SMILES string of the molecule is CC(C)N(C(=O)[C@H](C)N)[C@@H]1CCCN(C)C1. The van der Waals surface area contributed by atoms with Crippen molar-refractivity contribution in [3.8, 4) is 0 Å². The zero-order valence-electron chi connectivity index (χ0n) is 10.9. The van der Waals surface area contributed by atoms with E-state index in [0.29, 0.717) is 6.04 Å². The third-order valence-electron chi connectivity index (χ3n) is 3.19. The Kier molecular flexibility index (Phi) is 4.74. The number of likely N-dealkylation sites (tertiary alicyclic amines) is 1. The van der Waals surface area contributed by atoms with Gasteiger partial charge in [-0.25, -0.2) is 0 Å². The molecule has 0 aliphatic carbocycles. The molecule has 0 aromatic heterocycles. The van der Waals surface area contributed by atoms with Crippen molar-refractivity contribution in [3.05, 3.63) is 0 Å². The van der Waals surface area contributed by atoms with Crippen LogP contribution in [-0.2, 0) is 4.79 Å². The Morgan fingerprint density at radius 3 is 2.50 bits per heavy atom. The van der Waals surface area contributed by atoms with Gasteiger partial charge in [-0.15, -0.1) is 0 Å². The van der Waals surface area contributed by atoms with Crippen LogP contribution in [-0.4, -0.2) is 54.0 Å². The summed E-state index contributed by atoms with van der Waals surface area (Å²) in [7, 11) is 2.11. The van der Waals surface area contributed by atoms with Gasteiger partial charge in [-0.3, -0.25) is 4.79 Å². The van der Waals surface area contributed by atoms with Crippen LogP contribution in [0.5, 0.6) is 0 Å². The van der Waals surface area contributed by atoms with E-state index in [4.69, 9.17) is 5.73 Å². The zero-order valence-corrected chi connectivity index (χ0v) is 10.9. The molecule has 0 aromatic carbocycles. The fourth-order valence-electron chi connectivity index (χ4n) is 2.46. The van der Waals surface area contributed by atoms with Crippen molar-refractivity contribution >= 4 is 5.91 Å². The lowest BCUT2D eigenvalue weighted by Gasteiger charge is -2.41. The first-order chi connectivity index (χ1) is 7.43. The van der Waals surface area contributed by atoms with Crippen LogP contribution in [0.3, 0.4) is 0 Å². The van der Waals surface area contributed by atoms with Crippen molar-refractivity contribution in [2.24, 2.45) is 5.73 Å². The molecule has 1 aliphatic rings. The monoisotopic (exact) mass is 227 g/mol. The molecule has 1 heterocycles. The van der Waals surface area contributed by atoms with Crippen LogP contribution in [0.15, 0.2) is 0 Å². The predicted molar refractivity (Wildman–Crippen MR) is 66.2 cm³/mol. The molecule has 0 saturated carbocycles. The van der Waals surface area contributed by atoms with Gasteiger partial charge in [-0.05, 0) is 47.2 Å². The van der Waals surface area contributed by atoms with Gasteiger partial charge in [0.1, 0.15) is 0 Å². The van der Waals surface area contributed by atoms with Gasteiger partial charge in [0, 0.05) is 18.6 Å². The number of nitrogens with two attached hydrogens (primary N) is 1. The average Bonchev–Trinajstić information content (AvgIpc) is 2.17. The van der Waals surface area contributed by atoms with E-state index < -0.39 is 6.04 Å². The number of carbonyl (C=O) groups excluding carboxylic acids is 1. The number of rotatable bonds is 3. The second-order valence-corrected chi connectivity index (χ2v) is 5.19. The summed E-state index contributed by atoms with van der Waals surface area (Å²) in [5.74, 6) is 0.0790. The number of piperidine rings is 1. The molecule has 1 aliphatic heterocycles. The third kappa shape index (κ3) is 3.19. The maximum Gasteiger partial charge on any atom is 0.239 e. The standard InChI is InChI=1S/C12H25N3O/c1-9(2)15(12(16)10(3)13)11-6-5-7-14(4)8-11/h9-11H,5-8,13H2,1-4H3/t10-,11+/m0/s1. The molecule has 1 saturated heterocycles. The van der Waals surface area contributed by atoms with Crippen LogP contribution in [0.4, 0.5) is 0 Å². The normalized spacial score (nSPS) is 24.5. The van der Waals surface area contributed by atoms with Gasteiger partial charge in [-0.1, -0.05) is 0 Å². The van der Waals surface area contributed by atoms with Gasteiger partial charge in [0.25, 0.3) is 0 Å². The summed E-state index contributed by atoms with van der Waals surface area (Å²) in [4.78, 5) is 16.3. The fraction of sp³-hybridized carbons (Fsp3) is 0.917. The Morgan fingerprint density at radius 2 is 2.06 bits per heavy atom. The van der Waals surface area contributed by atoms with E-state index in [9.17, 15) is 4.79 Å². The van der Waals surface area contributed by atoms with Gasteiger partial charge in [0.15, 0.2) is 0 Å². The Bertz CT molecular complexity index is 240. The van der Waals surface area contributed by atoms with Crippen LogP contribution in [0.25, 0.3) is 0 Å². The first-order valence-electron chi connectivity index (χ1n) is 6.19. The Balaban J connectivity index is 2.73. The summed E-state index contributed by atoms with van der Waals surface area (Å²) in [5, 5.41) is 0. The molecule has 1 amide bonds. The third-order valence-corrected chi connectivity index (χ3v) is 3.19. The number of likely N-dealkylation sites (N-methyl/N-ethyl adjacent to an activating group) is 1. The summed E-state index contributed by atoms with van der Waals surface area (Å²) in [6.45, 7) is 8.00. The van der Waals surface area contributed by atoms with E-state index in [1.807, 2.05) is 4.90 Å². The summed E-state index contributed by atoms with van der Waals surface area (Å²) >= 11 is 0. The minimum atomic E-state index is -0.394. The second-order valence-electron chi connectivity index (χ2n) is 5.19. The molecule has 0 unspecified atom stereocenters. The lowest BCUT2D eigenvalue weighted by atomic mass is 10.0. The van der Waals surface area contributed by atoms with Gasteiger partial charge in [0.2, 0.25) is 5.91 Å². The molecule has 0 spiro atoms. The molecule has 16 heavy (non-hydrogen) atoms. The minimum absolute atomic E-state index is 0.0790. The Labute approximate surface area is 98.8 Å². The van der Waals surface area contributed by atoms with E-state index >= 15 is 0 Å². The smallest absolute Gasteiger partial charge is 0.239 e. The molecule has 1 rings (SSSR count). The average molecular weight is 227 g/mol. The van der Waals surface area contributed by atoms with E-state index in [1.165, 1.54) is 0 Å². The number of amides is 1. The van der Waals surface area contributed by atoms with Crippen molar-refractivity contribution < 1.29 is 4.79 Å². The first kappa shape index (κ1) is 13.5. The number of nitrogens with zero attached hydrogens (tertiary/aromatic N) is 2. The molecular weight excluding hydrogens is 202 g/mol. The maximum atomic E-state index is 12.1. The van der Waals surface area contributed by atoms with Crippen LogP contribution in [0.2, 0.25) is 0 Å². The number of carbonyl (C=O) groups is 1. The molecule has 2 atom stereocenters. The van der Waals surface area contributed by atoms with Gasteiger partial charge >= 0.3 is 0 Å². The quantitative estimate of drug-likeness (QED) is 0.771. The van der Waals surface area contributed by atoms with Crippen molar-refractivity contribution in [3.63, 3.8) is 0 Å². The van der Waals surface area contributed by atoms with E-state index in [0.717, 1.165) is 25.9 Å². The number of hydrogen-bond acceptors (Lipinski definition) is 3. The van der Waals surface area contributed by atoms with E-state index in [1.54, 1.807) is 6.92 Å². The summed E-state index contributed by atoms with van der Waals surface area (Å²) < 4.78 is 0. The highest BCUT2D eigenvalue weighted by molar-refractivity contribution is 5.81. The van der Waals surface area contributed by atoms with Crippen LogP contribution in [0, 0.1) is 0 Å². The topological polar surface area (TPSA) is 49.6 Å². The summed E-state index contributed by atoms with van der Waals surface area (Å²) in [6.07, 6.45) is 2.26. The highest BCUT2D eigenvalue weighted by atomic mass is 16.2. The van der Waals surface area contributed by atoms with Crippen molar-refractivity contribution in [1.82, 2.24) is 9.80 Å². The highest BCUT2D eigenvalue weighted by Crippen LogP contribution is 2.18. The van der Waals surface area contributed by atoms with Crippen molar-refractivity contribution in [2.45, 2.75) is 51.7 Å². The van der Waals surface area contributed by atoms with Crippen LogP contribution >= 0.6 is 0 Å². The Hall–Kier alpha value is -0.610. The first-order valence-corrected chi connectivity index (χ1v) is 6.19. The second kappa shape index (κ2) is 5.64. The van der Waals surface area contributed by atoms with Crippen molar-refractivity contribution in [2.75, 3.05) is 20.1 Å². The van der Waals surface area contributed by atoms with Crippen LogP contribution < -0.4 is 5.73 Å². The number of hydrogen-bond donors (Lipinski definition) is 1. The largest absolute Gasteiger partial charge is 0.335 e. The minimum Gasteiger partial charge on any atom is -0.335 e. The molecule has 0 aromatic rings. The van der Waals surface area contributed by atoms with Crippen LogP contribution in [0.1, 0.15) is 33.6 Å². The molecular formula is C12H25N3O. The molecule has 94 valence electrons. The fourth-order valence-corrected chi connectivity index (χ4v) is 2.46. The molecule has 4 nitrogen and oxygen atoms in total. The molecule has 1 fully saturated rings. The zero-order chi connectivity index (χ0) is 12.3. The summed E-state index contributed by atoms with van der Waals surface area (Å²) in [6, 6.07) is 0.168. The van der Waals surface area contributed by atoms with E-state index in [-0.39, 0.29) is 11.9 Å². The molecule has 0 bridgehead atoms. The predicted octanol–water partition coefficient (Wildman–Crippen LogP) is 0.665. The molecule has 2 N–H and O–H groups in total.